The van der Waals surface area contributed by atoms with Crippen LogP contribution in [0.25, 0.3) is 0 Å². The maximum Gasteiger partial charge on any atom is 0.329 e. The van der Waals surface area contributed by atoms with Crippen LogP contribution in [-0.4, -0.2) is 242 Å². The molecule has 33 heteroatoms. The van der Waals surface area contributed by atoms with Gasteiger partial charge in [-0.05, 0) is 177 Å². The Kier molecular flexibility index (Phi) is 28.2. The summed E-state index contributed by atoms with van der Waals surface area (Å²) in [7, 11) is 0. The number of esters is 2. The van der Waals surface area contributed by atoms with Crippen molar-refractivity contribution in [3.63, 3.8) is 0 Å². The fourth-order valence-electron chi connectivity index (χ4n) is 17.3. The molecule has 12 rings (SSSR count). The number of rotatable bonds is 14. The molecular formula is C85H107F4N13O16. The molecule has 8 aliphatic heterocycles. The normalized spacial score (nSPS) is 27.8. The SMILES string of the molecule is Cc1ccc(CC(=O)N[C@@H](Cc2cc(F)cc(F)c2)C(=O)N[C@@H]2C(=O)N3CCC[C@H]3C(=O)N3CCCC[C@H]3C(=O)N[C@@H](C)C(=O)N3C[C@H](C)C[C@H]3C(=O)OC2(C)C)cc1.Cc1ccc(CC(=O)N[C@@H](Cc2cc(F)cc(F)c2)C(=O)N[C@@H]2C(=O)N3C[C@@H](N)C[C@H]3C(=O)N3CCCC[C@H]3C(=O)N[C@@H](C)C(=O)N3C[C@H](C)C[C@H]3C(=O)O[C@H]2C)cc1. The number of ether oxygens (including phenoxy) is 2. The standard InChI is InChI=1S/C43H54F2N6O8.C42H53F2N7O8/c1-24-11-13-27(14-12-24)21-35(52)47-31(20-28-18-29(44)22-30(45)19-28)37(53)48-36-41(57)50-16-8-10-33(50)40(56)49-15-7-6-9-32(49)38(54)46-26(3)39(55)51-23-25(2)17-34(51)42(58)59-43(36,4)5;1-22-8-10-26(11-9-22)17-35(52)47-31(16-27-14-28(43)18-29(44)15-27)37(53)48-36-25(4)59-42(58)34-13-23(2)20-50(34)39(55)24(3)46-38(54)32-7-5-6-12-49(32)40(56)33-19-30(45)21-51(33)41(36)57/h11-14,18-19,22,25-26,31-34,36H,6-10,15-17,20-21,23H2,1-5H3,(H,46,54)(H,47,52)(H,48,53);8-11,14-15,18,23-25,30-34,36H,5-7,12-13,16-17,19-21,45H2,1-4H3,(H,46,54)(H,47,52)(H,48,53)/t25-,26+,31+,32+,33+,34+,36-;23-,24+,25+,30+,31+,32+,33+,34+,36+/m11/s1. The molecule has 4 aromatic rings. The van der Waals surface area contributed by atoms with Gasteiger partial charge in [0.1, 0.15) is 107 Å². The predicted octanol–water partition coefficient (Wildman–Crippen LogP) is 3.50. The first-order chi connectivity index (χ1) is 55.9. The second-order valence-electron chi connectivity index (χ2n) is 33.6. The summed E-state index contributed by atoms with van der Waals surface area (Å²) in [6.07, 6.45) is 1.99. The molecule has 118 heavy (non-hydrogen) atoms. The molecule has 0 aromatic heterocycles. The maximum atomic E-state index is 14.9. The van der Waals surface area contributed by atoms with Gasteiger partial charge in [0.05, 0.1) is 12.8 Å². The van der Waals surface area contributed by atoms with E-state index in [4.69, 9.17) is 15.2 Å². The van der Waals surface area contributed by atoms with Crippen molar-refractivity contribution in [1.29, 1.82) is 0 Å². The zero-order chi connectivity index (χ0) is 85.5. The summed E-state index contributed by atoms with van der Waals surface area (Å²) < 4.78 is 69.5. The molecule has 0 bridgehead atoms. The van der Waals surface area contributed by atoms with E-state index in [2.05, 4.69) is 31.9 Å². The number of piperidine rings is 2. The minimum Gasteiger partial charge on any atom is -0.458 e. The summed E-state index contributed by atoms with van der Waals surface area (Å²) in [5, 5.41) is 16.2. The van der Waals surface area contributed by atoms with E-state index in [1.807, 2.05) is 52.0 Å². The second kappa shape index (κ2) is 37.8. The number of carbonyl (C=O) groups excluding carboxylic acids is 14. The summed E-state index contributed by atoms with van der Waals surface area (Å²) in [5.41, 5.74) is 7.86. The van der Waals surface area contributed by atoms with Gasteiger partial charge in [-0.25, -0.2) is 27.2 Å². The summed E-state index contributed by atoms with van der Waals surface area (Å²) in [6.45, 7) is 15.7. The van der Waals surface area contributed by atoms with Crippen LogP contribution in [0.4, 0.5) is 17.6 Å². The van der Waals surface area contributed by atoms with Crippen molar-refractivity contribution < 1.29 is 94.2 Å². The first-order valence-electron chi connectivity index (χ1n) is 40.7. The van der Waals surface area contributed by atoms with E-state index in [-0.39, 0.29) is 107 Å². The van der Waals surface area contributed by atoms with E-state index in [0.717, 1.165) is 35.4 Å². The minimum atomic E-state index is -1.81. The smallest absolute Gasteiger partial charge is 0.329 e. The van der Waals surface area contributed by atoms with Crippen LogP contribution in [0.2, 0.25) is 0 Å². The Morgan fingerprint density at radius 3 is 1.34 bits per heavy atom. The Labute approximate surface area is 682 Å². The Bertz CT molecular complexity index is 4460. The molecule has 0 radical (unpaired) electrons. The molecule has 0 unspecified atom stereocenters. The van der Waals surface area contributed by atoms with Gasteiger partial charge in [-0.3, -0.25) is 57.5 Å². The van der Waals surface area contributed by atoms with Gasteiger partial charge < -0.3 is 76.5 Å². The summed E-state index contributed by atoms with van der Waals surface area (Å²) in [4.78, 5) is 205. The number of aryl methyl sites for hydroxylation is 2. The van der Waals surface area contributed by atoms with Crippen LogP contribution in [0.15, 0.2) is 84.9 Å². The Balaban J connectivity index is 0.000000231. The average molecular weight is 1640 g/mol. The number of amides is 12. The fraction of sp³-hybridized carbons (Fsp3) is 0.553. The number of nitrogens with two attached hydrogens (primary N) is 1. The Morgan fingerprint density at radius 1 is 0.466 bits per heavy atom. The van der Waals surface area contributed by atoms with Gasteiger partial charge >= 0.3 is 11.9 Å². The summed E-state index contributed by atoms with van der Waals surface area (Å²) >= 11 is 0. The third kappa shape index (κ3) is 21.2. The van der Waals surface area contributed by atoms with Crippen LogP contribution in [0.1, 0.15) is 152 Å². The number of carbonyl (C=O) groups is 14. The molecule has 8 heterocycles. The Morgan fingerprint density at radius 2 is 0.873 bits per heavy atom. The zero-order valence-corrected chi connectivity index (χ0v) is 68.0. The summed E-state index contributed by atoms with van der Waals surface area (Å²) in [6, 6.07) is 4.61. The molecule has 0 spiro atoms. The zero-order valence-electron chi connectivity index (χ0n) is 68.0. The number of cyclic esters (lactones) is 2. The first-order valence-corrected chi connectivity index (χ1v) is 40.7. The number of hydrogen-bond acceptors (Lipinski definition) is 17. The van der Waals surface area contributed by atoms with Crippen LogP contribution in [0, 0.1) is 49.0 Å². The highest BCUT2D eigenvalue weighted by Crippen LogP contribution is 2.34. The minimum absolute atomic E-state index is 0.0349. The van der Waals surface area contributed by atoms with Gasteiger partial charge in [0, 0.05) is 70.3 Å². The van der Waals surface area contributed by atoms with Crippen LogP contribution < -0.4 is 37.6 Å². The highest BCUT2D eigenvalue weighted by molar-refractivity contribution is 6.01. The lowest BCUT2D eigenvalue weighted by molar-refractivity contribution is -0.172. The quantitative estimate of drug-likeness (QED) is 0.0701. The first kappa shape index (κ1) is 88.0. The molecule has 8 fully saturated rings. The third-order valence-corrected chi connectivity index (χ3v) is 23.4. The lowest BCUT2D eigenvalue weighted by Crippen LogP contribution is -2.65. The second-order valence-corrected chi connectivity index (χ2v) is 33.6. The highest BCUT2D eigenvalue weighted by atomic mass is 19.1. The number of nitrogens with zero attached hydrogens (tertiary/aromatic N) is 6. The van der Waals surface area contributed by atoms with E-state index in [0.29, 0.717) is 68.2 Å². The number of hydrogen-bond donors (Lipinski definition) is 7. The van der Waals surface area contributed by atoms with Gasteiger partial charge in [0.2, 0.25) is 70.9 Å². The number of benzene rings is 4. The van der Waals surface area contributed by atoms with E-state index in [1.165, 1.54) is 64.0 Å². The van der Waals surface area contributed by atoms with Crippen molar-refractivity contribution in [3.8, 4) is 0 Å². The molecule has 0 saturated carbocycles. The fourth-order valence-corrected chi connectivity index (χ4v) is 17.3. The molecule has 0 aliphatic carbocycles. The predicted molar refractivity (Wildman–Crippen MR) is 419 cm³/mol. The van der Waals surface area contributed by atoms with Gasteiger partial charge in [0.15, 0.2) is 0 Å². The molecule has 8 N–H and O–H groups in total. The third-order valence-electron chi connectivity index (χ3n) is 23.4. The van der Waals surface area contributed by atoms with Crippen molar-refractivity contribution in [2.45, 2.75) is 249 Å². The van der Waals surface area contributed by atoms with Gasteiger partial charge in [-0.2, -0.15) is 0 Å². The van der Waals surface area contributed by atoms with E-state index < -0.39 is 203 Å². The number of fused-ring (bicyclic) bond motifs is 6. The van der Waals surface area contributed by atoms with E-state index in [9.17, 15) is 84.7 Å². The summed E-state index contributed by atoms with van der Waals surface area (Å²) in [5.74, 6) is -13.2. The molecule has 4 aromatic carbocycles. The van der Waals surface area contributed by atoms with Gasteiger partial charge in [-0.1, -0.05) is 73.5 Å². The Hall–Kier alpha value is -10.9. The van der Waals surface area contributed by atoms with Gasteiger partial charge in [0.25, 0.3) is 0 Å². The van der Waals surface area contributed by atoms with Crippen molar-refractivity contribution in [2.24, 2.45) is 17.6 Å². The number of nitrogens with one attached hydrogen (secondary N) is 6. The molecule has 8 aliphatic rings. The van der Waals surface area contributed by atoms with E-state index in [1.54, 1.807) is 24.3 Å². The van der Waals surface area contributed by atoms with Gasteiger partial charge in [-0.15, -0.1) is 0 Å². The molecule has 636 valence electrons. The molecule has 8 saturated heterocycles. The lowest BCUT2D eigenvalue weighted by Gasteiger charge is -2.41. The molecule has 29 nitrogen and oxygen atoms in total. The van der Waals surface area contributed by atoms with Crippen LogP contribution >= 0.6 is 0 Å². The molecule has 12 amide bonds. The van der Waals surface area contributed by atoms with Crippen molar-refractivity contribution >= 4 is 82.8 Å². The topological polar surface area (TPSA) is 375 Å². The average Bonchev–Trinajstić information content (AvgIpc) is 1.50. The van der Waals surface area contributed by atoms with E-state index >= 15 is 0 Å². The number of halogens is 4. The van der Waals surface area contributed by atoms with Crippen LogP contribution in [0.3, 0.4) is 0 Å². The maximum absolute atomic E-state index is 14.9. The van der Waals surface area contributed by atoms with Crippen molar-refractivity contribution in [1.82, 2.24) is 61.3 Å². The highest BCUT2D eigenvalue weighted by Gasteiger charge is 2.53. The largest absolute Gasteiger partial charge is 0.458 e. The van der Waals surface area contributed by atoms with Crippen molar-refractivity contribution in [2.75, 3.05) is 39.3 Å². The van der Waals surface area contributed by atoms with Crippen LogP contribution in [-0.2, 0) is 102 Å². The van der Waals surface area contributed by atoms with Crippen molar-refractivity contribution in [3.05, 3.63) is 142 Å². The lowest BCUT2D eigenvalue weighted by atomic mass is 9.94. The monoisotopic (exact) mass is 1640 g/mol. The van der Waals surface area contributed by atoms with Crippen LogP contribution in [0.5, 0.6) is 0 Å². The molecular weight excluding hydrogens is 1540 g/mol. The molecule has 16 atom stereocenters.